The molecule has 15 heavy (non-hydrogen) atoms. The van der Waals surface area contributed by atoms with Crippen molar-refractivity contribution in [2.75, 3.05) is 0 Å². The summed E-state index contributed by atoms with van der Waals surface area (Å²) in [7, 11) is 0. The first-order chi connectivity index (χ1) is 7.20. The Kier molecular flexibility index (Phi) is 3.31. The van der Waals surface area contributed by atoms with Crippen molar-refractivity contribution in [3.05, 3.63) is 41.5 Å². The molecule has 1 aliphatic carbocycles. The topological polar surface area (TPSA) is 0 Å². The Labute approximate surface area is 101 Å². The minimum atomic E-state index is -1.27. The summed E-state index contributed by atoms with van der Waals surface area (Å²) >= 11 is -1.27. The first-order valence-electron chi connectivity index (χ1n) is 5.80. The van der Waals surface area contributed by atoms with Crippen LogP contribution in [0.3, 0.4) is 0 Å². The predicted molar refractivity (Wildman–Crippen MR) is 63.8 cm³/mol. The van der Waals surface area contributed by atoms with E-state index in [1.165, 1.54) is 18.4 Å². The quantitative estimate of drug-likeness (QED) is 0.767. The summed E-state index contributed by atoms with van der Waals surface area (Å²) in [5.41, 5.74) is 3.08. The van der Waals surface area contributed by atoms with Crippen LogP contribution in [0.25, 0.3) is 6.08 Å². The van der Waals surface area contributed by atoms with Gasteiger partial charge in [-0.05, 0) is 0 Å². The molecule has 79 valence electrons. The second-order valence-electron chi connectivity index (χ2n) is 4.64. The van der Waals surface area contributed by atoms with Crippen LogP contribution < -0.4 is 0 Å². The van der Waals surface area contributed by atoms with Crippen LogP contribution in [0, 0.1) is 0 Å². The van der Waals surface area contributed by atoms with Gasteiger partial charge in [0.05, 0.1) is 0 Å². The fraction of sp³-hybridized carbons (Fsp3) is 0.429. The van der Waals surface area contributed by atoms with Gasteiger partial charge >= 0.3 is 101 Å². The van der Waals surface area contributed by atoms with Gasteiger partial charge in [-0.15, -0.1) is 0 Å². The number of hydrogen-bond acceptors (Lipinski definition) is 0. The molecule has 0 radical (unpaired) electrons. The van der Waals surface area contributed by atoms with E-state index in [0.717, 1.165) is 0 Å². The van der Waals surface area contributed by atoms with E-state index in [1.807, 2.05) is 0 Å². The molecule has 0 fully saturated rings. The van der Waals surface area contributed by atoms with E-state index in [-0.39, 0.29) is 0 Å². The summed E-state index contributed by atoms with van der Waals surface area (Å²) < 4.78 is 5.56. The van der Waals surface area contributed by atoms with Gasteiger partial charge in [-0.1, -0.05) is 0 Å². The van der Waals surface area contributed by atoms with Crippen molar-refractivity contribution in [2.24, 2.45) is 0 Å². The molecule has 1 aromatic carbocycles. The van der Waals surface area contributed by atoms with Gasteiger partial charge in [0.25, 0.3) is 0 Å². The molecule has 1 aromatic rings. The van der Waals surface area contributed by atoms with Crippen molar-refractivity contribution in [2.45, 2.75) is 32.2 Å². The first kappa shape index (κ1) is 11.3. The predicted octanol–water partition coefficient (Wildman–Crippen LogP) is 4.42. The Hall–Kier alpha value is -0.157. The molecule has 1 atom stereocenters. The van der Waals surface area contributed by atoms with Gasteiger partial charge in [0.2, 0.25) is 0 Å². The van der Waals surface area contributed by atoms with E-state index in [0.29, 0.717) is 3.12 Å². The zero-order valence-electron chi connectivity index (χ0n) is 9.88. The maximum absolute atomic E-state index is 2.53. The molecule has 1 aliphatic rings. The summed E-state index contributed by atoms with van der Waals surface area (Å²) in [5, 5.41) is 0. The zero-order chi connectivity index (χ0) is 10.9. The van der Waals surface area contributed by atoms with Crippen LogP contribution in [0.1, 0.15) is 30.9 Å². The van der Waals surface area contributed by atoms with Crippen LogP contribution in [0.4, 0.5) is 0 Å². The Balaban J connectivity index is 2.49. The molecule has 0 nitrogen and oxygen atoms in total. The number of benzene rings is 1. The molecule has 0 N–H and O–H groups in total. The Morgan fingerprint density at radius 3 is 2.60 bits per heavy atom. The molecular weight excluding hydrogens is 259 g/mol. The molecule has 2 rings (SSSR count). The third kappa shape index (κ3) is 1.80. The van der Waals surface area contributed by atoms with Crippen molar-refractivity contribution < 1.29 is 21.8 Å². The normalized spacial score (nSPS) is 22.9. The molecule has 0 aromatic heterocycles. The Morgan fingerprint density at radius 2 is 1.93 bits per heavy atom. The summed E-state index contributed by atoms with van der Waals surface area (Å²) in [6.07, 6.45) is 7.50. The van der Waals surface area contributed by atoms with Crippen molar-refractivity contribution in [1.82, 2.24) is 0 Å². The van der Waals surface area contributed by atoms with E-state index in [2.05, 4.69) is 52.6 Å². The van der Waals surface area contributed by atoms with Crippen LogP contribution in [0.15, 0.2) is 30.3 Å². The van der Waals surface area contributed by atoms with E-state index >= 15 is 0 Å². The third-order valence-corrected chi connectivity index (χ3v) is 9.60. The van der Waals surface area contributed by atoms with E-state index in [9.17, 15) is 0 Å². The molecule has 0 aliphatic heterocycles. The first-order valence-corrected chi connectivity index (χ1v) is 11.9. The molecule has 0 amide bonds. The molecule has 0 bridgehead atoms. The fourth-order valence-electron chi connectivity index (χ4n) is 2.67. The molecular formula is C14H19Zr. The van der Waals surface area contributed by atoms with Gasteiger partial charge in [-0.2, -0.15) is 0 Å². The SMILES string of the molecule is CCC[C]1([Zr]([CH3])[CH3])C=Cc2ccccc21. The standard InChI is InChI=1S/C12H13.2CH3.Zr/c1-2-5-10-8-9-11-6-3-4-7-12(10)11;;;/h3-4,6-9H,2,5H2,1H3;2*1H3;. The number of hydrogen-bond donors (Lipinski definition) is 0. The van der Waals surface area contributed by atoms with Gasteiger partial charge in [0.1, 0.15) is 0 Å². The number of fused-ring (bicyclic) bond motifs is 1. The summed E-state index contributed by atoms with van der Waals surface area (Å²) in [6.45, 7) is 2.31. The van der Waals surface area contributed by atoms with Crippen LogP contribution in [0.2, 0.25) is 9.26 Å². The van der Waals surface area contributed by atoms with E-state index < -0.39 is 21.8 Å². The molecule has 1 heteroatoms. The van der Waals surface area contributed by atoms with Gasteiger partial charge in [0.15, 0.2) is 0 Å². The summed E-state index contributed by atoms with van der Waals surface area (Å²) in [4.78, 5) is 0. The number of allylic oxidation sites excluding steroid dienone is 1. The summed E-state index contributed by atoms with van der Waals surface area (Å²) in [6, 6.07) is 8.95. The second kappa shape index (κ2) is 4.38. The van der Waals surface area contributed by atoms with E-state index in [1.54, 1.807) is 5.56 Å². The minimum absolute atomic E-state index is 0.494. The third-order valence-electron chi connectivity index (χ3n) is 3.53. The molecule has 0 heterocycles. The van der Waals surface area contributed by atoms with Crippen molar-refractivity contribution in [1.29, 1.82) is 0 Å². The molecule has 0 spiro atoms. The monoisotopic (exact) mass is 277 g/mol. The van der Waals surface area contributed by atoms with Gasteiger partial charge < -0.3 is 0 Å². The Morgan fingerprint density at radius 1 is 1.20 bits per heavy atom. The van der Waals surface area contributed by atoms with Crippen LogP contribution in [-0.4, -0.2) is 0 Å². The van der Waals surface area contributed by atoms with Gasteiger partial charge in [-0.3, -0.25) is 0 Å². The van der Waals surface area contributed by atoms with Gasteiger partial charge in [-0.25, -0.2) is 0 Å². The fourth-order valence-corrected chi connectivity index (χ4v) is 7.42. The molecule has 0 saturated carbocycles. The second-order valence-corrected chi connectivity index (χ2v) is 11.8. The van der Waals surface area contributed by atoms with Gasteiger partial charge in [0, 0.05) is 0 Å². The number of rotatable bonds is 3. The van der Waals surface area contributed by atoms with Crippen LogP contribution in [0.5, 0.6) is 0 Å². The zero-order valence-corrected chi connectivity index (χ0v) is 12.3. The Bertz CT molecular complexity index is 379. The van der Waals surface area contributed by atoms with Crippen molar-refractivity contribution in [3.63, 3.8) is 0 Å². The molecule has 0 saturated heterocycles. The summed E-state index contributed by atoms with van der Waals surface area (Å²) in [5.74, 6) is 0. The molecule has 1 unspecified atom stereocenters. The van der Waals surface area contributed by atoms with Crippen molar-refractivity contribution >= 4 is 6.08 Å². The average molecular weight is 279 g/mol. The average Bonchev–Trinajstić information content (AvgIpc) is 2.60. The maximum atomic E-state index is 2.53. The van der Waals surface area contributed by atoms with Crippen molar-refractivity contribution in [3.8, 4) is 0 Å². The van der Waals surface area contributed by atoms with Crippen LogP contribution in [-0.2, 0) is 24.9 Å². The van der Waals surface area contributed by atoms with E-state index in [4.69, 9.17) is 0 Å². The van der Waals surface area contributed by atoms with Crippen LogP contribution >= 0.6 is 0 Å².